The highest BCUT2D eigenvalue weighted by Gasteiger charge is 2.42. The molecule has 1 aromatic heterocycles. The lowest BCUT2D eigenvalue weighted by molar-refractivity contribution is -0.118. The summed E-state index contributed by atoms with van der Waals surface area (Å²) in [6.07, 6.45) is 1.13. The molecule has 5 rings (SSSR count). The van der Waals surface area contributed by atoms with Gasteiger partial charge in [0.1, 0.15) is 11.6 Å². The summed E-state index contributed by atoms with van der Waals surface area (Å²) in [7, 11) is 0. The van der Waals surface area contributed by atoms with E-state index >= 15 is 0 Å². The van der Waals surface area contributed by atoms with Gasteiger partial charge in [0.05, 0.1) is 5.56 Å². The van der Waals surface area contributed by atoms with Crippen molar-refractivity contribution in [2.75, 3.05) is 5.32 Å². The number of halogens is 1. The number of anilines is 1. The van der Waals surface area contributed by atoms with Crippen LogP contribution in [-0.2, 0) is 10.5 Å². The Kier molecular flexibility index (Phi) is 5.68. The molecular weight excluding hydrogens is 449 g/mol. The van der Waals surface area contributed by atoms with Crippen LogP contribution < -0.4 is 10.9 Å². The maximum Gasteiger partial charge on any atom is 0.257 e. The number of benzene rings is 2. The maximum atomic E-state index is 14.1. The molecule has 1 aliphatic heterocycles. The average Bonchev–Trinajstić information content (AvgIpc) is 2.76. The normalized spacial score (nSPS) is 18.8. The monoisotopic (exact) mass is 475 g/mol. The maximum absolute atomic E-state index is 14.1. The Balaban J connectivity index is 1.59. The zero-order chi connectivity index (χ0) is 24.0. The molecule has 0 saturated carbocycles. The van der Waals surface area contributed by atoms with Crippen LogP contribution in [0.4, 0.5) is 10.2 Å². The summed E-state index contributed by atoms with van der Waals surface area (Å²) < 4.78 is 14.1. The molecule has 1 aliphatic carbocycles. The number of hydrogen-bond acceptors (Lipinski definition) is 5. The third kappa shape index (κ3) is 4.20. The van der Waals surface area contributed by atoms with E-state index in [1.807, 2.05) is 31.2 Å². The molecule has 174 valence electrons. The van der Waals surface area contributed by atoms with Gasteiger partial charge < -0.3 is 10.3 Å². The number of aromatic nitrogens is 2. The van der Waals surface area contributed by atoms with Crippen molar-refractivity contribution in [3.8, 4) is 0 Å². The lowest BCUT2D eigenvalue weighted by Crippen LogP contribution is -2.37. The van der Waals surface area contributed by atoms with E-state index in [1.54, 1.807) is 18.2 Å². The summed E-state index contributed by atoms with van der Waals surface area (Å²) in [5.74, 6) is 0.112. The molecule has 3 aromatic rings. The topological polar surface area (TPSA) is 74.8 Å². The number of fused-ring (bicyclic) bond motifs is 1. The van der Waals surface area contributed by atoms with Gasteiger partial charge in [-0.05, 0) is 36.0 Å². The van der Waals surface area contributed by atoms with E-state index in [0.717, 1.165) is 16.8 Å². The molecule has 5 nitrogen and oxygen atoms in total. The van der Waals surface area contributed by atoms with Gasteiger partial charge in [-0.25, -0.2) is 9.37 Å². The quantitative estimate of drug-likeness (QED) is 0.373. The van der Waals surface area contributed by atoms with Crippen LogP contribution in [0.25, 0.3) is 0 Å². The number of allylic oxidation sites excluding steroid dienone is 2. The van der Waals surface area contributed by atoms with E-state index in [4.69, 9.17) is 4.98 Å². The van der Waals surface area contributed by atoms with Gasteiger partial charge in [-0.15, -0.1) is 0 Å². The highest BCUT2D eigenvalue weighted by Crippen LogP contribution is 2.47. The second kappa shape index (κ2) is 8.55. The third-order valence-corrected chi connectivity index (χ3v) is 7.32. The number of aromatic amines is 1. The van der Waals surface area contributed by atoms with Crippen LogP contribution >= 0.6 is 11.8 Å². The van der Waals surface area contributed by atoms with Crippen LogP contribution in [0.2, 0.25) is 0 Å². The van der Waals surface area contributed by atoms with E-state index in [-0.39, 0.29) is 22.6 Å². The Morgan fingerprint density at radius 2 is 1.91 bits per heavy atom. The van der Waals surface area contributed by atoms with E-state index in [2.05, 4.69) is 24.1 Å². The van der Waals surface area contributed by atoms with Crippen molar-refractivity contribution in [1.82, 2.24) is 9.97 Å². The summed E-state index contributed by atoms with van der Waals surface area (Å²) in [5.41, 5.74) is 3.99. The standard InChI is InChI=1S/C27H26FN3O2S/c1-15-7-6-9-16(11-15)21-22-19(12-27(2,3)13-20(22)32)29-24-23(21)25(33)31-26(30-24)34-14-17-8-4-5-10-18(17)28/h4-11,21H,12-14H2,1-3H3,(H2,29,30,31,33)/t21-/m1/s1. The van der Waals surface area contributed by atoms with E-state index in [9.17, 15) is 14.0 Å². The second-order valence-electron chi connectivity index (χ2n) is 9.82. The number of H-pyrrole nitrogens is 1. The van der Waals surface area contributed by atoms with Crippen LogP contribution in [0.5, 0.6) is 0 Å². The van der Waals surface area contributed by atoms with Gasteiger partial charge >= 0.3 is 0 Å². The minimum absolute atomic E-state index is 0.0633. The first-order chi connectivity index (χ1) is 16.2. The number of nitrogens with one attached hydrogen (secondary N) is 2. The second-order valence-corrected chi connectivity index (χ2v) is 10.8. The number of carbonyl (C=O) groups excluding carboxylic acids is 1. The molecular formula is C27H26FN3O2S. The predicted molar refractivity (Wildman–Crippen MR) is 133 cm³/mol. The lowest BCUT2D eigenvalue weighted by Gasteiger charge is -2.38. The number of ketones is 1. The van der Waals surface area contributed by atoms with E-state index in [0.29, 0.717) is 46.3 Å². The Morgan fingerprint density at radius 1 is 1.12 bits per heavy atom. The van der Waals surface area contributed by atoms with Crippen molar-refractivity contribution in [3.05, 3.63) is 98.2 Å². The molecule has 0 amide bonds. The van der Waals surface area contributed by atoms with Crippen molar-refractivity contribution >= 4 is 23.4 Å². The Labute approximate surface area is 201 Å². The van der Waals surface area contributed by atoms with E-state index < -0.39 is 5.92 Å². The van der Waals surface area contributed by atoms with Gasteiger partial charge in [0.2, 0.25) is 0 Å². The van der Waals surface area contributed by atoms with Crippen LogP contribution in [0.3, 0.4) is 0 Å². The van der Waals surface area contributed by atoms with Crippen LogP contribution in [0, 0.1) is 18.2 Å². The summed E-state index contributed by atoms with van der Waals surface area (Å²) in [6.45, 7) is 6.15. The highest BCUT2D eigenvalue weighted by molar-refractivity contribution is 7.98. The lowest BCUT2D eigenvalue weighted by atomic mass is 9.69. The van der Waals surface area contributed by atoms with Crippen LogP contribution in [-0.4, -0.2) is 15.8 Å². The van der Waals surface area contributed by atoms with Gasteiger partial charge in [0, 0.05) is 29.4 Å². The average molecular weight is 476 g/mol. The van der Waals surface area contributed by atoms with Crippen molar-refractivity contribution in [2.24, 2.45) is 5.41 Å². The molecule has 0 fully saturated rings. The highest BCUT2D eigenvalue weighted by atomic mass is 32.2. The smallest absolute Gasteiger partial charge is 0.257 e. The molecule has 7 heteroatoms. The SMILES string of the molecule is Cc1cccc([C@@H]2C3=C(CC(C)(C)CC3=O)Nc3nc(SCc4ccccc4F)[nH]c(=O)c32)c1. The zero-order valence-electron chi connectivity index (χ0n) is 19.4. The summed E-state index contributed by atoms with van der Waals surface area (Å²) in [4.78, 5) is 34.3. The van der Waals surface area contributed by atoms with Gasteiger partial charge in [-0.1, -0.05) is 73.6 Å². The molecule has 34 heavy (non-hydrogen) atoms. The number of rotatable bonds is 4. The molecule has 0 unspecified atom stereocenters. The number of carbonyl (C=O) groups is 1. The first kappa shape index (κ1) is 22.6. The molecule has 0 saturated heterocycles. The van der Waals surface area contributed by atoms with Crippen molar-refractivity contribution in [3.63, 3.8) is 0 Å². The Bertz CT molecular complexity index is 1390. The molecule has 0 radical (unpaired) electrons. The molecule has 0 spiro atoms. The first-order valence-corrected chi connectivity index (χ1v) is 12.3. The molecule has 2 aromatic carbocycles. The first-order valence-electron chi connectivity index (χ1n) is 11.3. The molecule has 1 atom stereocenters. The molecule has 2 N–H and O–H groups in total. The number of nitrogens with zero attached hydrogens (tertiary/aromatic N) is 1. The van der Waals surface area contributed by atoms with E-state index in [1.165, 1.54) is 17.8 Å². The van der Waals surface area contributed by atoms with Gasteiger partial charge in [-0.2, -0.15) is 0 Å². The predicted octanol–water partition coefficient (Wildman–Crippen LogP) is 5.71. The van der Waals surface area contributed by atoms with Gasteiger partial charge in [-0.3, -0.25) is 9.59 Å². The summed E-state index contributed by atoms with van der Waals surface area (Å²) in [6, 6.07) is 14.5. The fourth-order valence-corrected chi connectivity index (χ4v) is 5.75. The Hall–Kier alpha value is -3.19. The largest absolute Gasteiger partial charge is 0.343 e. The van der Waals surface area contributed by atoms with Gasteiger partial charge in [0.15, 0.2) is 10.9 Å². The third-order valence-electron chi connectivity index (χ3n) is 6.40. The number of thioether (sulfide) groups is 1. The van der Waals surface area contributed by atoms with Crippen LogP contribution in [0.1, 0.15) is 54.9 Å². The molecule has 2 heterocycles. The fraction of sp³-hybridized carbons (Fsp3) is 0.296. The number of hydrogen-bond donors (Lipinski definition) is 2. The molecule has 2 aliphatic rings. The van der Waals surface area contributed by atoms with Crippen molar-refractivity contribution in [2.45, 2.75) is 50.4 Å². The summed E-state index contributed by atoms with van der Waals surface area (Å²) >= 11 is 1.27. The number of aryl methyl sites for hydroxylation is 1. The van der Waals surface area contributed by atoms with Crippen LogP contribution in [0.15, 0.2) is 69.8 Å². The zero-order valence-corrected chi connectivity index (χ0v) is 20.2. The van der Waals surface area contributed by atoms with Gasteiger partial charge in [0.25, 0.3) is 5.56 Å². The minimum Gasteiger partial charge on any atom is -0.343 e. The van der Waals surface area contributed by atoms with Crippen molar-refractivity contribution < 1.29 is 9.18 Å². The minimum atomic E-state index is -0.475. The van der Waals surface area contributed by atoms with Crippen molar-refractivity contribution in [1.29, 1.82) is 0 Å². The fourth-order valence-electron chi connectivity index (χ4n) is 4.91. The number of Topliss-reactive ketones (excluding diaryl/α,β-unsaturated/α-hetero) is 1. The summed E-state index contributed by atoms with van der Waals surface area (Å²) in [5, 5.41) is 3.74. The molecule has 0 bridgehead atoms. The Morgan fingerprint density at radius 3 is 2.68 bits per heavy atom.